The average Bonchev–Trinajstić information content (AvgIpc) is 2.86. The maximum atomic E-state index is 4.58. The smallest absolute Gasteiger partial charge is 0.143 e. The quantitative estimate of drug-likeness (QED) is 0.841. The van der Waals surface area contributed by atoms with Gasteiger partial charge in [-0.05, 0) is 31.2 Å². The molecule has 0 radical (unpaired) electrons. The van der Waals surface area contributed by atoms with Gasteiger partial charge in [0.2, 0.25) is 0 Å². The zero-order valence-electron chi connectivity index (χ0n) is 11.9. The van der Waals surface area contributed by atoms with Crippen molar-refractivity contribution < 1.29 is 0 Å². The molecule has 1 fully saturated rings. The van der Waals surface area contributed by atoms with Gasteiger partial charge >= 0.3 is 0 Å². The molecule has 116 valence electrons. The van der Waals surface area contributed by atoms with E-state index in [1.807, 2.05) is 0 Å². The zero-order valence-corrected chi connectivity index (χ0v) is 13.5. The minimum absolute atomic E-state index is 0. The molecule has 7 heteroatoms. The number of anilines is 1. The first-order valence-corrected chi connectivity index (χ1v) is 7.23. The maximum Gasteiger partial charge on any atom is 0.143 e. The van der Waals surface area contributed by atoms with Crippen molar-refractivity contribution in [1.29, 1.82) is 0 Å². The van der Waals surface area contributed by atoms with E-state index in [0.29, 0.717) is 0 Å². The van der Waals surface area contributed by atoms with Crippen molar-refractivity contribution in [2.75, 3.05) is 31.1 Å². The first kappa shape index (κ1) is 16.3. The highest BCUT2D eigenvalue weighted by Crippen LogP contribution is 2.33. The summed E-state index contributed by atoms with van der Waals surface area (Å²) < 4.78 is 0. The van der Waals surface area contributed by atoms with E-state index in [0.717, 1.165) is 44.1 Å². The average molecular weight is 330 g/mol. The summed E-state index contributed by atoms with van der Waals surface area (Å²) in [5.41, 5.74) is 3.88. The fraction of sp³-hybridized carbons (Fsp3) is 0.571. The molecule has 3 heterocycles. The molecule has 2 aromatic rings. The van der Waals surface area contributed by atoms with Crippen molar-refractivity contribution in [3.8, 4) is 0 Å². The summed E-state index contributed by atoms with van der Waals surface area (Å²) in [4.78, 5) is 14.9. The molecule has 0 aromatic carbocycles. The fourth-order valence-electron chi connectivity index (χ4n) is 3.33. The van der Waals surface area contributed by atoms with E-state index >= 15 is 0 Å². The summed E-state index contributed by atoms with van der Waals surface area (Å²) in [5, 5.41) is 4.67. The highest BCUT2D eigenvalue weighted by Gasteiger charge is 2.22. The minimum atomic E-state index is 0. The molecule has 0 saturated carbocycles. The summed E-state index contributed by atoms with van der Waals surface area (Å²) in [5.74, 6) is 1.13. The summed E-state index contributed by atoms with van der Waals surface area (Å²) >= 11 is 0. The lowest BCUT2D eigenvalue weighted by Crippen LogP contribution is -2.44. The number of rotatable bonds is 1. The molecular weight excluding hydrogens is 309 g/mol. The molecular formula is C14H21Cl2N5. The van der Waals surface area contributed by atoms with Gasteiger partial charge in [0, 0.05) is 31.9 Å². The van der Waals surface area contributed by atoms with Crippen LogP contribution in [0.4, 0.5) is 5.82 Å². The number of aromatic nitrogens is 3. The second kappa shape index (κ2) is 6.81. The van der Waals surface area contributed by atoms with E-state index in [1.165, 1.54) is 35.9 Å². The number of nitrogens with one attached hydrogen (secondary N) is 2. The fourth-order valence-corrected chi connectivity index (χ4v) is 3.33. The van der Waals surface area contributed by atoms with Crippen LogP contribution in [-0.4, -0.2) is 41.1 Å². The summed E-state index contributed by atoms with van der Waals surface area (Å²) in [6.07, 6.45) is 6.60. The highest BCUT2D eigenvalue weighted by atomic mass is 35.5. The summed E-state index contributed by atoms with van der Waals surface area (Å²) in [6.45, 7) is 4.15. The SMILES string of the molecule is Cl.Cl.c1nc(N2CCNCC2)c2c3c([nH]c2n1)CCCC3. The second-order valence-corrected chi connectivity index (χ2v) is 5.45. The van der Waals surface area contributed by atoms with Gasteiger partial charge in [-0.3, -0.25) is 0 Å². The third-order valence-corrected chi connectivity index (χ3v) is 4.28. The predicted molar refractivity (Wildman–Crippen MR) is 90.1 cm³/mol. The van der Waals surface area contributed by atoms with Crippen LogP contribution >= 0.6 is 24.8 Å². The van der Waals surface area contributed by atoms with Crippen molar-refractivity contribution in [1.82, 2.24) is 20.3 Å². The van der Waals surface area contributed by atoms with Crippen molar-refractivity contribution in [2.24, 2.45) is 0 Å². The molecule has 21 heavy (non-hydrogen) atoms. The van der Waals surface area contributed by atoms with E-state index in [1.54, 1.807) is 6.33 Å². The first-order chi connectivity index (χ1) is 9.43. The van der Waals surface area contributed by atoms with Crippen LogP contribution in [0.15, 0.2) is 6.33 Å². The molecule has 5 nitrogen and oxygen atoms in total. The van der Waals surface area contributed by atoms with Crippen LogP contribution in [0, 0.1) is 0 Å². The molecule has 0 amide bonds. The molecule has 1 aliphatic heterocycles. The minimum Gasteiger partial charge on any atom is -0.353 e. The topological polar surface area (TPSA) is 56.8 Å². The number of hydrogen-bond donors (Lipinski definition) is 2. The molecule has 0 unspecified atom stereocenters. The maximum absolute atomic E-state index is 4.58. The van der Waals surface area contributed by atoms with Gasteiger partial charge in [-0.1, -0.05) is 0 Å². The Morgan fingerprint density at radius 3 is 2.57 bits per heavy atom. The monoisotopic (exact) mass is 329 g/mol. The Morgan fingerprint density at radius 2 is 1.76 bits per heavy atom. The molecule has 0 bridgehead atoms. The second-order valence-electron chi connectivity index (χ2n) is 5.45. The number of aromatic amines is 1. The Bertz CT molecular complexity index is 607. The van der Waals surface area contributed by atoms with E-state index in [-0.39, 0.29) is 24.8 Å². The van der Waals surface area contributed by atoms with Gasteiger partial charge < -0.3 is 15.2 Å². The summed E-state index contributed by atoms with van der Waals surface area (Å²) in [6, 6.07) is 0. The van der Waals surface area contributed by atoms with Crippen LogP contribution in [0.1, 0.15) is 24.1 Å². The predicted octanol–water partition coefficient (Wildman–Crippen LogP) is 2.09. The molecule has 2 aromatic heterocycles. The van der Waals surface area contributed by atoms with Crippen LogP contribution in [-0.2, 0) is 12.8 Å². The van der Waals surface area contributed by atoms with Crippen molar-refractivity contribution >= 4 is 41.7 Å². The highest BCUT2D eigenvalue weighted by molar-refractivity contribution is 5.92. The van der Waals surface area contributed by atoms with E-state index in [2.05, 4.69) is 25.2 Å². The Morgan fingerprint density at radius 1 is 1.00 bits per heavy atom. The van der Waals surface area contributed by atoms with Gasteiger partial charge in [-0.2, -0.15) is 0 Å². The van der Waals surface area contributed by atoms with Gasteiger partial charge in [0.15, 0.2) is 0 Å². The van der Waals surface area contributed by atoms with Gasteiger partial charge in [0.1, 0.15) is 17.8 Å². The Kier molecular flexibility index (Phi) is 5.30. The van der Waals surface area contributed by atoms with Gasteiger partial charge in [0.25, 0.3) is 0 Å². The largest absolute Gasteiger partial charge is 0.353 e. The van der Waals surface area contributed by atoms with Crippen molar-refractivity contribution in [2.45, 2.75) is 25.7 Å². The lowest BCUT2D eigenvalue weighted by atomic mass is 9.96. The van der Waals surface area contributed by atoms with Crippen LogP contribution in [0.3, 0.4) is 0 Å². The Labute approximate surface area is 136 Å². The molecule has 4 rings (SSSR count). The molecule has 0 spiro atoms. The number of fused-ring (bicyclic) bond motifs is 3. The van der Waals surface area contributed by atoms with Gasteiger partial charge in [-0.15, -0.1) is 24.8 Å². The Hall–Kier alpha value is -1.04. The third kappa shape index (κ3) is 2.82. The number of piperazine rings is 1. The van der Waals surface area contributed by atoms with Crippen LogP contribution in [0.25, 0.3) is 11.0 Å². The molecule has 1 aliphatic carbocycles. The van der Waals surface area contributed by atoms with E-state index in [4.69, 9.17) is 0 Å². The van der Waals surface area contributed by atoms with Crippen LogP contribution in [0.5, 0.6) is 0 Å². The van der Waals surface area contributed by atoms with Crippen molar-refractivity contribution in [3.05, 3.63) is 17.6 Å². The molecule has 0 atom stereocenters. The number of nitrogens with zero attached hydrogens (tertiary/aromatic N) is 3. The van der Waals surface area contributed by atoms with Gasteiger partial charge in [0.05, 0.1) is 5.39 Å². The van der Waals surface area contributed by atoms with E-state index in [9.17, 15) is 0 Å². The lowest BCUT2D eigenvalue weighted by molar-refractivity contribution is 0.586. The number of halogens is 2. The molecule has 2 N–H and O–H groups in total. The number of H-pyrrole nitrogens is 1. The molecule has 1 saturated heterocycles. The lowest BCUT2D eigenvalue weighted by Gasteiger charge is -2.29. The third-order valence-electron chi connectivity index (χ3n) is 4.28. The number of aryl methyl sites for hydroxylation is 2. The number of hydrogen-bond acceptors (Lipinski definition) is 4. The van der Waals surface area contributed by atoms with Crippen LogP contribution < -0.4 is 10.2 Å². The van der Waals surface area contributed by atoms with Crippen molar-refractivity contribution in [3.63, 3.8) is 0 Å². The van der Waals surface area contributed by atoms with E-state index < -0.39 is 0 Å². The van der Waals surface area contributed by atoms with Gasteiger partial charge in [-0.25, -0.2) is 9.97 Å². The zero-order chi connectivity index (χ0) is 12.7. The summed E-state index contributed by atoms with van der Waals surface area (Å²) in [7, 11) is 0. The Balaban J connectivity index is 0.000000807. The normalized spacial score (nSPS) is 17.8. The van der Waals surface area contributed by atoms with Crippen LogP contribution in [0.2, 0.25) is 0 Å². The first-order valence-electron chi connectivity index (χ1n) is 7.23. The standard InChI is InChI=1S/C14H19N5.2ClH/c1-2-4-11-10(3-1)12-13(18-11)16-9-17-14(12)19-7-5-15-6-8-19;;/h9,15H,1-8H2,(H,16,17,18);2*1H. The molecule has 2 aliphatic rings.